The number of pyridine rings is 1. The maximum absolute atomic E-state index is 11.0. The van der Waals surface area contributed by atoms with Gasteiger partial charge in [-0.05, 0) is 18.2 Å². The van der Waals surface area contributed by atoms with Crippen LogP contribution in [0.3, 0.4) is 0 Å². The number of nitrogens with zero attached hydrogens (tertiary/aromatic N) is 1. The van der Waals surface area contributed by atoms with Crippen LogP contribution in [0.15, 0.2) is 72.8 Å². The summed E-state index contributed by atoms with van der Waals surface area (Å²) < 4.78 is 0. The summed E-state index contributed by atoms with van der Waals surface area (Å²) in [6, 6.07) is 23.4. The lowest BCUT2D eigenvalue weighted by Crippen LogP contribution is -2.22. The van der Waals surface area contributed by atoms with Gasteiger partial charge in [-0.2, -0.15) is 0 Å². The van der Waals surface area contributed by atoms with Gasteiger partial charge in [0.05, 0.1) is 12.1 Å². The number of nitrogens with two attached hydrogens (primary N) is 1. The van der Waals surface area contributed by atoms with Crippen LogP contribution in [0.4, 0.5) is 5.82 Å². The maximum atomic E-state index is 11.0. The van der Waals surface area contributed by atoms with E-state index in [2.05, 4.69) is 10.3 Å². The minimum atomic E-state index is -0.238. The van der Waals surface area contributed by atoms with E-state index >= 15 is 0 Å². The van der Waals surface area contributed by atoms with Gasteiger partial charge < -0.3 is 11.1 Å². The molecule has 0 spiro atoms. The zero-order chi connectivity index (χ0) is 14.9. The van der Waals surface area contributed by atoms with Gasteiger partial charge in [-0.1, -0.05) is 54.6 Å². The molecule has 4 nitrogen and oxygen atoms in total. The van der Waals surface area contributed by atoms with E-state index in [4.69, 9.17) is 5.73 Å². The first kappa shape index (κ1) is 14.7. The molecule has 3 aromatic rings. The lowest BCUT2D eigenvalue weighted by Gasteiger charge is -2.03. The molecule has 2 aromatic carbocycles. The molecular weight excluding hydrogens is 262 g/mol. The Kier molecular flexibility index (Phi) is 5.43. The fourth-order valence-electron chi connectivity index (χ4n) is 1.71. The van der Waals surface area contributed by atoms with Crippen LogP contribution in [0.25, 0.3) is 10.9 Å². The van der Waals surface area contributed by atoms with Crippen LogP contribution in [0, 0.1) is 0 Å². The number of carbonyl (C=O) groups excluding carboxylic acids is 1. The summed E-state index contributed by atoms with van der Waals surface area (Å²) in [6.45, 7) is -0.0332. The van der Waals surface area contributed by atoms with E-state index in [1.54, 1.807) is 6.07 Å². The highest BCUT2D eigenvalue weighted by Gasteiger charge is 2.00. The summed E-state index contributed by atoms with van der Waals surface area (Å²) in [5.41, 5.74) is 6.05. The van der Waals surface area contributed by atoms with Crippen molar-refractivity contribution in [1.82, 2.24) is 4.98 Å². The van der Waals surface area contributed by atoms with Crippen LogP contribution in [0.5, 0.6) is 0 Å². The zero-order valence-electron chi connectivity index (χ0n) is 11.6. The monoisotopic (exact) mass is 279 g/mol. The van der Waals surface area contributed by atoms with Crippen molar-refractivity contribution in [1.29, 1.82) is 0 Å². The van der Waals surface area contributed by atoms with Crippen LogP contribution in [0.2, 0.25) is 0 Å². The number of hydrogen-bond donors (Lipinski definition) is 2. The van der Waals surface area contributed by atoms with E-state index in [9.17, 15) is 4.79 Å². The fourth-order valence-corrected chi connectivity index (χ4v) is 1.71. The number of fused-ring (bicyclic) bond motifs is 1. The normalized spacial score (nSPS) is 9.57. The van der Waals surface area contributed by atoms with Crippen molar-refractivity contribution in [2.45, 2.75) is 0 Å². The summed E-state index contributed by atoms with van der Waals surface area (Å²) in [7, 11) is 0. The third kappa shape index (κ3) is 4.71. The van der Waals surface area contributed by atoms with Crippen molar-refractivity contribution in [2.24, 2.45) is 5.73 Å². The lowest BCUT2D eigenvalue weighted by molar-refractivity contribution is -0.114. The molecule has 0 fully saturated rings. The average molecular weight is 279 g/mol. The Hall–Kier alpha value is -2.72. The Morgan fingerprint density at radius 1 is 0.905 bits per heavy atom. The molecule has 0 aliphatic carbocycles. The van der Waals surface area contributed by atoms with Crippen LogP contribution >= 0.6 is 0 Å². The predicted molar refractivity (Wildman–Crippen MR) is 85.9 cm³/mol. The molecule has 0 atom stereocenters. The van der Waals surface area contributed by atoms with Gasteiger partial charge in [0, 0.05) is 5.39 Å². The van der Waals surface area contributed by atoms with Crippen molar-refractivity contribution >= 4 is 22.6 Å². The number of nitrogens with one attached hydrogen (secondary N) is 1. The molecule has 4 heteroatoms. The van der Waals surface area contributed by atoms with Crippen molar-refractivity contribution < 1.29 is 4.79 Å². The van der Waals surface area contributed by atoms with E-state index in [1.807, 2.05) is 66.7 Å². The Morgan fingerprint density at radius 2 is 1.52 bits per heavy atom. The number of anilines is 1. The van der Waals surface area contributed by atoms with Crippen LogP contribution in [0.1, 0.15) is 0 Å². The standard InChI is InChI=1S/C11H11N3O.C6H6/c12-7-11(15)14-10-6-5-8-3-1-2-4-9(8)13-10;1-2-4-6-5-3-1/h1-6H,7,12H2,(H,13,14,15);1-6H. The van der Waals surface area contributed by atoms with Gasteiger partial charge in [0.1, 0.15) is 5.82 Å². The number of rotatable bonds is 2. The average Bonchev–Trinajstić information content (AvgIpc) is 2.57. The zero-order valence-corrected chi connectivity index (χ0v) is 11.6. The number of hydrogen-bond acceptors (Lipinski definition) is 3. The Bertz CT molecular complexity index is 672. The topological polar surface area (TPSA) is 68.0 Å². The van der Waals surface area contributed by atoms with Crippen molar-refractivity contribution in [2.75, 3.05) is 11.9 Å². The molecule has 106 valence electrons. The Balaban J connectivity index is 0.000000225. The van der Waals surface area contributed by atoms with Gasteiger partial charge in [0.2, 0.25) is 5.91 Å². The number of benzene rings is 2. The first-order valence-electron chi connectivity index (χ1n) is 6.65. The van der Waals surface area contributed by atoms with Gasteiger partial charge >= 0.3 is 0 Å². The summed E-state index contributed by atoms with van der Waals surface area (Å²) in [5.74, 6) is 0.293. The molecule has 0 aliphatic heterocycles. The molecule has 0 saturated heterocycles. The Morgan fingerprint density at radius 3 is 2.14 bits per heavy atom. The first-order chi connectivity index (χ1) is 10.3. The van der Waals surface area contributed by atoms with Crippen molar-refractivity contribution in [3.8, 4) is 0 Å². The minimum absolute atomic E-state index is 0.0332. The van der Waals surface area contributed by atoms with Crippen molar-refractivity contribution in [3.05, 3.63) is 72.8 Å². The summed E-state index contributed by atoms with van der Waals surface area (Å²) >= 11 is 0. The molecule has 3 rings (SSSR count). The second-order valence-electron chi connectivity index (χ2n) is 4.30. The summed E-state index contributed by atoms with van der Waals surface area (Å²) in [5, 5.41) is 3.65. The van der Waals surface area contributed by atoms with E-state index in [0.29, 0.717) is 5.82 Å². The van der Waals surface area contributed by atoms with E-state index in [1.165, 1.54) is 0 Å². The van der Waals surface area contributed by atoms with E-state index in [0.717, 1.165) is 10.9 Å². The Labute approximate surface area is 123 Å². The maximum Gasteiger partial charge on any atom is 0.239 e. The largest absolute Gasteiger partial charge is 0.322 e. The molecule has 1 aromatic heterocycles. The molecule has 3 N–H and O–H groups in total. The lowest BCUT2D eigenvalue weighted by atomic mass is 10.2. The molecule has 0 unspecified atom stereocenters. The molecule has 0 bridgehead atoms. The van der Waals surface area contributed by atoms with Crippen LogP contribution in [-0.4, -0.2) is 17.4 Å². The van der Waals surface area contributed by atoms with Gasteiger partial charge in [-0.25, -0.2) is 4.98 Å². The quantitative estimate of drug-likeness (QED) is 0.758. The summed E-state index contributed by atoms with van der Waals surface area (Å²) in [6.07, 6.45) is 0. The molecule has 0 radical (unpaired) electrons. The highest BCUT2D eigenvalue weighted by molar-refractivity contribution is 5.92. The SMILES string of the molecule is NCC(=O)Nc1ccc2ccccc2n1.c1ccccc1. The van der Waals surface area contributed by atoms with Gasteiger partial charge in [0.25, 0.3) is 0 Å². The predicted octanol–water partition coefficient (Wildman–Crippen LogP) is 2.82. The second kappa shape index (κ2) is 7.77. The second-order valence-corrected chi connectivity index (χ2v) is 4.30. The van der Waals surface area contributed by atoms with Gasteiger partial charge in [-0.3, -0.25) is 4.79 Å². The number of para-hydroxylation sites is 1. The third-order valence-corrected chi connectivity index (χ3v) is 2.72. The molecular formula is C17H17N3O. The summed E-state index contributed by atoms with van der Waals surface area (Å²) in [4.78, 5) is 15.3. The number of carbonyl (C=O) groups is 1. The fraction of sp³-hybridized carbons (Fsp3) is 0.0588. The molecule has 1 amide bonds. The number of aromatic nitrogens is 1. The molecule has 0 saturated carbocycles. The molecule has 1 heterocycles. The van der Waals surface area contributed by atoms with Crippen LogP contribution in [-0.2, 0) is 4.79 Å². The number of amides is 1. The first-order valence-corrected chi connectivity index (χ1v) is 6.65. The van der Waals surface area contributed by atoms with Gasteiger partial charge in [0.15, 0.2) is 0 Å². The van der Waals surface area contributed by atoms with Gasteiger partial charge in [-0.15, -0.1) is 0 Å². The highest BCUT2D eigenvalue weighted by Crippen LogP contribution is 2.14. The third-order valence-electron chi connectivity index (χ3n) is 2.72. The van der Waals surface area contributed by atoms with E-state index < -0.39 is 0 Å². The van der Waals surface area contributed by atoms with E-state index in [-0.39, 0.29) is 12.5 Å². The molecule has 0 aliphatic rings. The minimum Gasteiger partial charge on any atom is -0.322 e. The van der Waals surface area contributed by atoms with Crippen LogP contribution < -0.4 is 11.1 Å². The molecule has 21 heavy (non-hydrogen) atoms. The highest BCUT2D eigenvalue weighted by atomic mass is 16.1. The smallest absolute Gasteiger partial charge is 0.239 e. The van der Waals surface area contributed by atoms with Crippen molar-refractivity contribution in [3.63, 3.8) is 0 Å².